The number of amidine groups is 1. The molecule has 28 heavy (non-hydrogen) atoms. The molecule has 2 aromatic heterocycles. The van der Waals surface area contributed by atoms with Crippen molar-refractivity contribution >= 4 is 23.2 Å². The van der Waals surface area contributed by atoms with E-state index in [0.29, 0.717) is 24.9 Å². The van der Waals surface area contributed by atoms with Crippen LogP contribution in [0.15, 0.2) is 46.1 Å². The van der Waals surface area contributed by atoms with Crippen molar-refractivity contribution < 1.29 is 9.21 Å². The number of aromatic nitrogens is 1. The summed E-state index contributed by atoms with van der Waals surface area (Å²) in [4.78, 5) is 24.1. The summed E-state index contributed by atoms with van der Waals surface area (Å²) in [7, 11) is 0. The van der Waals surface area contributed by atoms with Crippen LogP contribution in [0.1, 0.15) is 49.1 Å². The van der Waals surface area contributed by atoms with Gasteiger partial charge in [-0.2, -0.15) is 0 Å². The predicted molar refractivity (Wildman–Crippen MR) is 108 cm³/mol. The van der Waals surface area contributed by atoms with Gasteiger partial charge in [0.2, 0.25) is 0 Å². The molecule has 1 amide bonds. The number of piperidine rings is 1. The summed E-state index contributed by atoms with van der Waals surface area (Å²) in [5.41, 5.74) is 0.720. The van der Waals surface area contributed by atoms with E-state index in [4.69, 9.17) is 9.41 Å². The number of nitrogens with zero attached hydrogens (tertiary/aromatic N) is 3. The highest BCUT2D eigenvalue weighted by molar-refractivity contribution is 6.09. The Bertz CT molecular complexity index is 878. The second kappa shape index (κ2) is 6.96. The van der Waals surface area contributed by atoms with Crippen LogP contribution in [0.2, 0.25) is 0 Å². The van der Waals surface area contributed by atoms with Gasteiger partial charge >= 0.3 is 0 Å². The molecule has 3 aliphatic rings. The second-order valence-electron chi connectivity index (χ2n) is 7.92. The zero-order chi connectivity index (χ0) is 19.0. The minimum atomic E-state index is -0.279. The molecule has 0 atom stereocenters. The Kier molecular flexibility index (Phi) is 4.30. The Morgan fingerprint density at radius 2 is 2.04 bits per heavy atom. The molecule has 0 radical (unpaired) electrons. The summed E-state index contributed by atoms with van der Waals surface area (Å²) >= 11 is 0. The number of likely N-dealkylation sites (tertiary alicyclic amines) is 1. The third-order valence-electron chi connectivity index (χ3n) is 6.14. The molecular weight excluding hydrogens is 354 g/mol. The van der Waals surface area contributed by atoms with Crippen molar-refractivity contribution in [1.29, 1.82) is 0 Å². The highest BCUT2D eigenvalue weighted by Crippen LogP contribution is 2.37. The number of furan rings is 1. The predicted octanol–water partition coefficient (Wildman–Crippen LogP) is 3.53. The standard InChI is InChI=1S/C21H25N5O2/c27-19(17-8-4-14-28-17)26-12-9-21(10-13-26)20(23-15-5-1-2-6-15)24-18-16(25-21)7-3-11-22-18/h3-4,7-8,11,14-15,25H,1-2,5-6,9-10,12-13H2,(H,22,23,24). The van der Waals surface area contributed by atoms with Crippen LogP contribution in [-0.2, 0) is 0 Å². The van der Waals surface area contributed by atoms with E-state index in [1.54, 1.807) is 24.6 Å². The monoisotopic (exact) mass is 379 g/mol. The first-order valence-electron chi connectivity index (χ1n) is 10.1. The number of carbonyl (C=O) groups excluding carboxylic acids is 1. The lowest BCUT2D eigenvalue weighted by Crippen LogP contribution is -2.59. The Morgan fingerprint density at radius 3 is 2.79 bits per heavy atom. The lowest BCUT2D eigenvalue weighted by Gasteiger charge is -2.46. The van der Waals surface area contributed by atoms with Gasteiger partial charge in [-0.15, -0.1) is 0 Å². The normalized spacial score (nSPS) is 22.7. The SMILES string of the molecule is O=C(c1ccco1)N1CCC2(CC1)Nc1cccnc1NC2=NC1CCCC1. The molecule has 1 saturated carbocycles. The first kappa shape index (κ1) is 17.3. The molecule has 1 aliphatic carbocycles. The maximum absolute atomic E-state index is 12.6. The zero-order valence-electron chi connectivity index (χ0n) is 15.9. The van der Waals surface area contributed by atoms with Crippen molar-refractivity contribution in [2.75, 3.05) is 23.7 Å². The Hall–Kier alpha value is -2.83. The molecule has 2 fully saturated rings. The zero-order valence-corrected chi connectivity index (χ0v) is 15.9. The van der Waals surface area contributed by atoms with Crippen LogP contribution in [0, 0.1) is 0 Å². The molecule has 0 unspecified atom stereocenters. The first-order valence-corrected chi connectivity index (χ1v) is 10.1. The summed E-state index contributed by atoms with van der Waals surface area (Å²) < 4.78 is 5.29. The van der Waals surface area contributed by atoms with Gasteiger partial charge in [0.05, 0.1) is 23.5 Å². The summed E-state index contributed by atoms with van der Waals surface area (Å²) in [6, 6.07) is 7.85. The number of pyridine rings is 1. The number of fused-ring (bicyclic) bond motifs is 1. The second-order valence-corrected chi connectivity index (χ2v) is 7.92. The average Bonchev–Trinajstić information content (AvgIpc) is 3.43. The highest BCUT2D eigenvalue weighted by Gasteiger charge is 2.44. The molecule has 1 spiro atoms. The number of anilines is 2. The van der Waals surface area contributed by atoms with Crippen LogP contribution in [-0.4, -0.2) is 46.3 Å². The van der Waals surface area contributed by atoms with Crippen molar-refractivity contribution in [3.63, 3.8) is 0 Å². The smallest absolute Gasteiger partial charge is 0.289 e. The van der Waals surface area contributed by atoms with Crippen LogP contribution in [0.3, 0.4) is 0 Å². The summed E-state index contributed by atoms with van der Waals surface area (Å²) in [6.45, 7) is 1.32. The van der Waals surface area contributed by atoms with Gasteiger partial charge in [0, 0.05) is 19.3 Å². The molecule has 2 N–H and O–H groups in total. The van der Waals surface area contributed by atoms with Gasteiger partial charge in [-0.1, -0.05) is 12.8 Å². The Labute approximate surface area is 164 Å². The number of hydrogen-bond acceptors (Lipinski definition) is 5. The number of carbonyl (C=O) groups is 1. The molecule has 7 heteroatoms. The van der Waals surface area contributed by atoms with Crippen LogP contribution < -0.4 is 10.6 Å². The molecule has 2 aromatic rings. The van der Waals surface area contributed by atoms with E-state index in [1.165, 1.54) is 12.8 Å². The van der Waals surface area contributed by atoms with Gasteiger partial charge in [-0.3, -0.25) is 9.79 Å². The molecule has 0 aromatic carbocycles. The third-order valence-corrected chi connectivity index (χ3v) is 6.14. The molecule has 5 rings (SSSR count). The van der Waals surface area contributed by atoms with Crippen LogP contribution in [0.4, 0.5) is 11.5 Å². The van der Waals surface area contributed by atoms with E-state index in [-0.39, 0.29) is 11.4 Å². The van der Waals surface area contributed by atoms with E-state index in [2.05, 4.69) is 15.6 Å². The Balaban J connectivity index is 1.40. The van der Waals surface area contributed by atoms with Gasteiger partial charge in [0.25, 0.3) is 5.91 Å². The molecule has 4 heterocycles. The summed E-state index contributed by atoms with van der Waals surface area (Å²) in [6.07, 6.45) is 9.74. The molecular formula is C21H25N5O2. The Morgan fingerprint density at radius 1 is 1.21 bits per heavy atom. The van der Waals surface area contributed by atoms with Crippen molar-refractivity contribution in [3.8, 4) is 0 Å². The largest absolute Gasteiger partial charge is 0.459 e. The maximum Gasteiger partial charge on any atom is 0.289 e. The van der Waals surface area contributed by atoms with Gasteiger partial charge in [0.15, 0.2) is 11.6 Å². The number of amides is 1. The maximum atomic E-state index is 12.6. The van der Waals surface area contributed by atoms with Gasteiger partial charge in [-0.25, -0.2) is 4.98 Å². The van der Waals surface area contributed by atoms with Crippen molar-refractivity contribution in [2.24, 2.45) is 4.99 Å². The molecule has 7 nitrogen and oxygen atoms in total. The van der Waals surface area contributed by atoms with Crippen LogP contribution >= 0.6 is 0 Å². The van der Waals surface area contributed by atoms with Gasteiger partial charge in [0.1, 0.15) is 5.84 Å². The van der Waals surface area contributed by atoms with Crippen LogP contribution in [0.5, 0.6) is 0 Å². The number of nitrogens with one attached hydrogen (secondary N) is 2. The minimum Gasteiger partial charge on any atom is -0.459 e. The van der Waals surface area contributed by atoms with Gasteiger partial charge < -0.3 is 20.0 Å². The van der Waals surface area contributed by atoms with Crippen molar-refractivity contribution in [3.05, 3.63) is 42.5 Å². The quantitative estimate of drug-likeness (QED) is 0.834. The highest BCUT2D eigenvalue weighted by atomic mass is 16.3. The molecule has 1 saturated heterocycles. The summed E-state index contributed by atoms with van der Waals surface area (Å²) in [5, 5.41) is 7.22. The van der Waals surface area contributed by atoms with E-state index in [0.717, 1.165) is 43.0 Å². The number of aliphatic imine (C=N–C) groups is 1. The first-order chi connectivity index (χ1) is 13.7. The van der Waals surface area contributed by atoms with E-state index >= 15 is 0 Å². The minimum absolute atomic E-state index is 0.0417. The number of hydrogen-bond donors (Lipinski definition) is 2. The summed E-state index contributed by atoms with van der Waals surface area (Å²) in [5.74, 6) is 2.18. The number of rotatable bonds is 2. The average molecular weight is 379 g/mol. The van der Waals surface area contributed by atoms with Crippen LogP contribution in [0.25, 0.3) is 0 Å². The molecule has 0 bridgehead atoms. The van der Waals surface area contributed by atoms with Gasteiger partial charge in [-0.05, 0) is 49.9 Å². The molecule has 146 valence electrons. The fourth-order valence-electron chi connectivity index (χ4n) is 4.54. The topological polar surface area (TPSA) is 82.8 Å². The van der Waals surface area contributed by atoms with Crippen molar-refractivity contribution in [2.45, 2.75) is 50.1 Å². The lowest BCUT2D eigenvalue weighted by atomic mass is 9.84. The lowest BCUT2D eigenvalue weighted by molar-refractivity contribution is 0.0672. The molecule has 2 aliphatic heterocycles. The fraction of sp³-hybridized carbons (Fsp3) is 0.476. The van der Waals surface area contributed by atoms with Crippen molar-refractivity contribution in [1.82, 2.24) is 9.88 Å². The third kappa shape index (κ3) is 3.04. The van der Waals surface area contributed by atoms with E-state index < -0.39 is 0 Å². The fourth-order valence-corrected chi connectivity index (χ4v) is 4.54. The van der Waals surface area contributed by atoms with E-state index in [9.17, 15) is 4.79 Å². The van der Waals surface area contributed by atoms with E-state index in [1.807, 2.05) is 17.0 Å².